The molecule has 0 spiro atoms. The molecule has 0 aliphatic rings. The highest BCUT2D eigenvalue weighted by atomic mass is 32.2. The second kappa shape index (κ2) is 8.39. The summed E-state index contributed by atoms with van der Waals surface area (Å²) < 4.78 is 29.7. The Morgan fingerprint density at radius 1 is 1.24 bits per heavy atom. The van der Waals surface area contributed by atoms with Crippen LogP contribution in [0.15, 0.2) is 29.2 Å². The molecule has 2 rings (SSSR count). The van der Waals surface area contributed by atoms with Crippen molar-refractivity contribution in [3.8, 4) is 0 Å². The quantitative estimate of drug-likeness (QED) is 0.593. The van der Waals surface area contributed by atoms with Gasteiger partial charge in [-0.05, 0) is 45.0 Å². The number of hydrogen-bond acceptors (Lipinski definition) is 6. The van der Waals surface area contributed by atoms with Crippen LogP contribution in [0.1, 0.15) is 27.3 Å². The van der Waals surface area contributed by atoms with E-state index in [1.165, 1.54) is 42.5 Å². The summed E-state index contributed by atoms with van der Waals surface area (Å²) in [7, 11) is 0. The predicted molar refractivity (Wildman–Crippen MR) is 93.4 cm³/mol. The van der Waals surface area contributed by atoms with Crippen LogP contribution in [0.4, 0.5) is 14.5 Å². The normalized spacial score (nSPS) is 12.1. The van der Waals surface area contributed by atoms with E-state index in [4.69, 9.17) is 4.74 Å². The Morgan fingerprint density at radius 3 is 2.40 bits per heavy atom. The van der Waals surface area contributed by atoms with Gasteiger partial charge < -0.3 is 10.1 Å². The van der Waals surface area contributed by atoms with Crippen molar-refractivity contribution in [2.75, 3.05) is 5.32 Å². The Hall–Kier alpha value is -2.00. The van der Waals surface area contributed by atoms with Gasteiger partial charge in [0.2, 0.25) is 0 Å². The van der Waals surface area contributed by atoms with Crippen LogP contribution in [-0.4, -0.2) is 28.7 Å². The summed E-state index contributed by atoms with van der Waals surface area (Å²) in [5.41, 5.74) is 0.989. The number of anilines is 1. The number of amides is 1. The summed E-state index contributed by atoms with van der Waals surface area (Å²) in [5, 5.41) is 3.31. The van der Waals surface area contributed by atoms with E-state index in [0.29, 0.717) is 32.9 Å². The number of benzene rings is 1. The lowest BCUT2D eigenvalue weighted by molar-refractivity contribution is -0.123. The van der Waals surface area contributed by atoms with Crippen LogP contribution in [-0.2, 0) is 9.53 Å². The van der Waals surface area contributed by atoms with E-state index in [1.807, 2.05) is 0 Å². The number of carbonyl (C=O) groups is 2. The smallest absolute Gasteiger partial charge is 0.351 e. The third kappa shape index (κ3) is 5.50. The van der Waals surface area contributed by atoms with Gasteiger partial charge in [0.1, 0.15) is 4.88 Å². The van der Waals surface area contributed by atoms with E-state index in [9.17, 15) is 18.4 Å². The Labute approximate surface area is 151 Å². The molecular weight excluding hydrogens is 370 g/mol. The first-order valence-corrected chi connectivity index (χ1v) is 8.96. The fourth-order valence-corrected chi connectivity index (χ4v) is 3.25. The molecular formula is C16H16F2N2O3S2. The Kier molecular flexibility index (Phi) is 6.49. The fourth-order valence-electron chi connectivity index (χ4n) is 1.95. The number of halogens is 2. The summed E-state index contributed by atoms with van der Waals surface area (Å²) in [5.74, 6) is -3.62. The first-order chi connectivity index (χ1) is 11.8. The summed E-state index contributed by atoms with van der Waals surface area (Å²) in [6, 6.07) is 5.97. The number of thiazole rings is 1. The Morgan fingerprint density at radius 2 is 1.88 bits per heavy atom. The highest BCUT2D eigenvalue weighted by Crippen LogP contribution is 2.26. The maximum absolute atomic E-state index is 12.3. The van der Waals surface area contributed by atoms with Crippen molar-refractivity contribution in [2.24, 2.45) is 0 Å². The number of nitrogens with one attached hydrogen (secondary N) is 1. The van der Waals surface area contributed by atoms with Crippen LogP contribution < -0.4 is 5.32 Å². The molecule has 1 aromatic carbocycles. The van der Waals surface area contributed by atoms with Crippen molar-refractivity contribution < 1.29 is 23.1 Å². The average Bonchev–Trinajstić information content (AvgIpc) is 2.87. The molecule has 0 aliphatic heterocycles. The first kappa shape index (κ1) is 19.3. The molecule has 0 radical (unpaired) electrons. The Balaban J connectivity index is 1.93. The molecule has 1 atom stereocenters. The third-order valence-electron chi connectivity index (χ3n) is 3.09. The van der Waals surface area contributed by atoms with Crippen LogP contribution >= 0.6 is 23.1 Å². The minimum absolute atomic E-state index is 0.366. The number of rotatable bonds is 6. The van der Waals surface area contributed by atoms with Crippen LogP contribution in [0.5, 0.6) is 0 Å². The molecule has 0 unspecified atom stereocenters. The van der Waals surface area contributed by atoms with Gasteiger partial charge in [0, 0.05) is 10.6 Å². The van der Waals surface area contributed by atoms with Gasteiger partial charge >= 0.3 is 5.97 Å². The average molecular weight is 386 g/mol. The Bertz CT molecular complexity index is 763. The monoisotopic (exact) mass is 386 g/mol. The lowest BCUT2D eigenvalue weighted by atomic mass is 10.3. The molecule has 25 heavy (non-hydrogen) atoms. The number of nitrogens with zero attached hydrogens (tertiary/aromatic N) is 1. The van der Waals surface area contributed by atoms with Gasteiger partial charge in [-0.15, -0.1) is 11.3 Å². The highest BCUT2D eigenvalue weighted by Gasteiger charge is 2.22. The standard InChI is InChI=1S/C16H16F2N2O3S2/c1-8-13(24-10(3)19-8)15(22)23-9(2)14(21)20-11-4-6-12(7-5-11)25-16(17)18/h4-7,9,16H,1-3H3,(H,20,21)/t9-/m0/s1. The zero-order valence-corrected chi connectivity index (χ0v) is 15.3. The molecule has 0 fully saturated rings. The molecule has 0 aliphatic carbocycles. The molecule has 1 amide bonds. The summed E-state index contributed by atoms with van der Waals surface area (Å²) in [4.78, 5) is 29.1. The van der Waals surface area contributed by atoms with Crippen molar-refractivity contribution in [3.05, 3.63) is 39.8 Å². The van der Waals surface area contributed by atoms with Crippen LogP contribution in [0, 0.1) is 13.8 Å². The number of hydrogen-bond donors (Lipinski definition) is 1. The number of aryl methyl sites for hydroxylation is 2. The molecule has 2 aromatic rings. The van der Waals surface area contributed by atoms with Crippen molar-refractivity contribution >= 4 is 40.7 Å². The minimum Gasteiger partial charge on any atom is -0.448 e. The fraction of sp³-hybridized carbons (Fsp3) is 0.312. The third-order valence-corrected chi connectivity index (χ3v) is 4.86. The number of thioether (sulfide) groups is 1. The number of alkyl halides is 2. The zero-order chi connectivity index (χ0) is 18.6. The minimum atomic E-state index is -2.50. The summed E-state index contributed by atoms with van der Waals surface area (Å²) in [6.45, 7) is 4.93. The van der Waals surface area contributed by atoms with E-state index >= 15 is 0 Å². The number of esters is 1. The van der Waals surface area contributed by atoms with Gasteiger partial charge in [-0.3, -0.25) is 4.79 Å². The number of ether oxygens (including phenoxy) is 1. The van der Waals surface area contributed by atoms with E-state index in [2.05, 4.69) is 10.3 Å². The van der Waals surface area contributed by atoms with Crippen LogP contribution in [0.2, 0.25) is 0 Å². The molecule has 0 saturated heterocycles. The zero-order valence-electron chi connectivity index (χ0n) is 13.7. The van der Waals surface area contributed by atoms with Crippen LogP contribution in [0.3, 0.4) is 0 Å². The molecule has 5 nitrogen and oxygen atoms in total. The maximum Gasteiger partial charge on any atom is 0.351 e. The second-order valence-corrected chi connectivity index (χ2v) is 7.35. The van der Waals surface area contributed by atoms with Crippen molar-refractivity contribution in [1.29, 1.82) is 0 Å². The molecule has 1 N–H and O–H groups in total. The van der Waals surface area contributed by atoms with E-state index in [1.54, 1.807) is 13.8 Å². The van der Waals surface area contributed by atoms with E-state index in [0.717, 1.165) is 5.01 Å². The van der Waals surface area contributed by atoms with Crippen molar-refractivity contribution in [1.82, 2.24) is 4.98 Å². The lowest BCUT2D eigenvalue weighted by Crippen LogP contribution is -2.29. The van der Waals surface area contributed by atoms with Gasteiger partial charge in [-0.1, -0.05) is 11.8 Å². The largest absolute Gasteiger partial charge is 0.448 e. The van der Waals surface area contributed by atoms with Crippen molar-refractivity contribution in [2.45, 2.75) is 37.5 Å². The van der Waals surface area contributed by atoms with E-state index < -0.39 is 23.7 Å². The van der Waals surface area contributed by atoms with Gasteiger partial charge in [0.25, 0.3) is 11.7 Å². The molecule has 0 bridgehead atoms. The van der Waals surface area contributed by atoms with Crippen molar-refractivity contribution in [3.63, 3.8) is 0 Å². The number of carbonyl (C=O) groups excluding carboxylic acids is 2. The molecule has 1 aromatic heterocycles. The highest BCUT2D eigenvalue weighted by molar-refractivity contribution is 7.99. The molecule has 1 heterocycles. The van der Waals surface area contributed by atoms with Gasteiger partial charge in [0.05, 0.1) is 10.7 Å². The first-order valence-electron chi connectivity index (χ1n) is 7.27. The molecule has 0 saturated carbocycles. The maximum atomic E-state index is 12.3. The van der Waals surface area contributed by atoms with Crippen LogP contribution in [0.25, 0.3) is 0 Å². The molecule has 134 valence electrons. The molecule has 9 heteroatoms. The predicted octanol–water partition coefficient (Wildman–Crippen LogP) is 4.26. The number of aromatic nitrogens is 1. The SMILES string of the molecule is Cc1nc(C)c(C(=O)O[C@@H](C)C(=O)Nc2ccc(SC(F)F)cc2)s1. The summed E-state index contributed by atoms with van der Waals surface area (Å²) >= 11 is 1.63. The van der Waals surface area contributed by atoms with Gasteiger partial charge in [-0.2, -0.15) is 8.78 Å². The van der Waals surface area contributed by atoms with E-state index in [-0.39, 0.29) is 0 Å². The topological polar surface area (TPSA) is 68.3 Å². The lowest BCUT2D eigenvalue weighted by Gasteiger charge is -2.13. The van der Waals surface area contributed by atoms with Gasteiger partial charge in [-0.25, -0.2) is 9.78 Å². The summed E-state index contributed by atoms with van der Waals surface area (Å²) in [6.07, 6.45) is -1.01. The second-order valence-electron chi connectivity index (χ2n) is 5.09. The van der Waals surface area contributed by atoms with Gasteiger partial charge in [0.15, 0.2) is 6.10 Å².